The van der Waals surface area contributed by atoms with Gasteiger partial charge in [0.1, 0.15) is 11.6 Å². The number of hydrogen-bond acceptors (Lipinski definition) is 11. The average molecular weight is 410 g/mol. The summed E-state index contributed by atoms with van der Waals surface area (Å²) in [6.07, 6.45) is -2.44. The van der Waals surface area contributed by atoms with E-state index in [1.54, 1.807) is 0 Å². The quantitative estimate of drug-likeness (QED) is 0.457. The fraction of sp³-hybridized carbons (Fsp3) is 0.467. The smallest absolute Gasteiger partial charge is 0.303 e. The number of aliphatic hydroxyl groups excluding tert-OH is 1. The van der Waals surface area contributed by atoms with E-state index in [1.807, 2.05) is 6.92 Å². The molecule has 1 aliphatic rings. The molecule has 28 heavy (non-hydrogen) atoms. The Morgan fingerprint density at radius 2 is 2.21 bits per heavy atom. The summed E-state index contributed by atoms with van der Waals surface area (Å²) in [6.45, 7) is 3.08. The number of nitrogen functional groups attached to an aromatic ring is 1. The van der Waals surface area contributed by atoms with Crippen LogP contribution in [0.5, 0.6) is 0 Å². The van der Waals surface area contributed by atoms with E-state index in [0.717, 1.165) is 0 Å². The van der Waals surface area contributed by atoms with Crippen molar-refractivity contribution in [1.82, 2.24) is 29.7 Å². The summed E-state index contributed by atoms with van der Waals surface area (Å²) in [7, 11) is 0. The lowest BCUT2D eigenvalue weighted by atomic mass is 10.1. The van der Waals surface area contributed by atoms with Crippen LogP contribution in [0.1, 0.15) is 37.9 Å². The molecule has 148 valence electrons. The third kappa shape index (κ3) is 3.04. The van der Waals surface area contributed by atoms with Crippen molar-refractivity contribution in [3.63, 3.8) is 0 Å². The van der Waals surface area contributed by atoms with Crippen molar-refractivity contribution >= 4 is 34.6 Å². The van der Waals surface area contributed by atoms with Crippen molar-refractivity contribution < 1.29 is 23.9 Å². The topological polar surface area (TPSA) is 164 Å². The number of fused-ring (bicyclic) bond motifs is 1. The van der Waals surface area contributed by atoms with Gasteiger partial charge in [0.25, 0.3) is 5.89 Å². The largest absolute Gasteiger partial charge is 0.455 e. The van der Waals surface area contributed by atoms with Gasteiger partial charge in [0.05, 0.1) is 6.33 Å². The zero-order valence-corrected chi connectivity index (χ0v) is 15.6. The predicted molar refractivity (Wildman–Crippen MR) is 92.8 cm³/mol. The molecule has 1 aliphatic heterocycles. The van der Waals surface area contributed by atoms with Gasteiger partial charge in [-0.3, -0.25) is 9.36 Å². The zero-order chi connectivity index (χ0) is 20.0. The first kappa shape index (κ1) is 18.5. The number of aliphatic hydroxyl groups is 1. The van der Waals surface area contributed by atoms with Crippen LogP contribution in [0.4, 0.5) is 5.82 Å². The number of halogens is 1. The minimum absolute atomic E-state index is 0.0700. The fourth-order valence-electron chi connectivity index (χ4n) is 3.02. The van der Waals surface area contributed by atoms with Crippen LogP contribution in [0, 0.1) is 0 Å². The van der Waals surface area contributed by atoms with Crippen LogP contribution in [0.25, 0.3) is 11.2 Å². The summed E-state index contributed by atoms with van der Waals surface area (Å²) in [4.78, 5) is 27.9. The van der Waals surface area contributed by atoms with E-state index in [4.69, 9.17) is 31.3 Å². The van der Waals surface area contributed by atoms with Crippen molar-refractivity contribution in [1.29, 1.82) is 0 Å². The minimum Gasteiger partial charge on any atom is -0.455 e. The standard InChI is InChI=1S/C15H16ClN7O5/c1-3-6-19-13(28-22-6)9-8(25)10(26-5(2)24)14(27-9)23-4-18-7-11(17)20-15(16)21-12(7)23/h4,8-10,14,25H,3H2,1-2H3,(H2,17,20,21)/t8-,9+,10-,14-/m1/s1. The molecule has 3 N–H and O–H groups in total. The number of carbonyl (C=O) groups excluding carboxylic acids is 1. The third-order valence-corrected chi connectivity index (χ3v) is 4.42. The normalized spacial score (nSPS) is 24.7. The van der Waals surface area contributed by atoms with Gasteiger partial charge in [0.2, 0.25) is 5.28 Å². The average Bonchev–Trinajstić information content (AvgIpc) is 3.33. The molecule has 0 amide bonds. The molecule has 0 aromatic carbocycles. The number of nitrogens with two attached hydrogens (primary N) is 1. The maximum atomic E-state index is 11.6. The molecule has 0 spiro atoms. The van der Waals surface area contributed by atoms with Gasteiger partial charge in [-0.25, -0.2) is 4.98 Å². The molecule has 0 bridgehead atoms. The lowest BCUT2D eigenvalue weighted by Crippen LogP contribution is -2.33. The van der Waals surface area contributed by atoms with Crippen LogP contribution < -0.4 is 5.73 Å². The SMILES string of the molecule is CCc1noc([C@H]2O[C@@H](n3cnc4c(N)nc(Cl)nc43)[C@H](OC(C)=O)[C@@H]2O)n1. The number of aryl methyl sites for hydroxylation is 1. The van der Waals surface area contributed by atoms with Crippen LogP contribution in [0.15, 0.2) is 10.9 Å². The van der Waals surface area contributed by atoms with E-state index in [9.17, 15) is 9.90 Å². The molecular formula is C15H16ClN7O5. The maximum Gasteiger partial charge on any atom is 0.303 e. The molecule has 13 heteroatoms. The van der Waals surface area contributed by atoms with Gasteiger partial charge >= 0.3 is 5.97 Å². The van der Waals surface area contributed by atoms with Crippen LogP contribution in [-0.2, 0) is 20.7 Å². The maximum absolute atomic E-state index is 11.6. The molecule has 4 atom stereocenters. The van der Waals surface area contributed by atoms with Gasteiger partial charge in [0, 0.05) is 13.3 Å². The van der Waals surface area contributed by atoms with Crippen molar-refractivity contribution in [2.75, 3.05) is 5.73 Å². The highest BCUT2D eigenvalue weighted by atomic mass is 35.5. The summed E-state index contributed by atoms with van der Waals surface area (Å²) in [6, 6.07) is 0. The Morgan fingerprint density at radius 3 is 2.89 bits per heavy atom. The molecule has 0 aliphatic carbocycles. The highest BCUT2D eigenvalue weighted by Gasteiger charge is 2.50. The number of ether oxygens (including phenoxy) is 2. The van der Waals surface area contributed by atoms with Gasteiger partial charge in [-0.1, -0.05) is 12.1 Å². The molecule has 1 saturated heterocycles. The fourth-order valence-corrected chi connectivity index (χ4v) is 3.19. The molecule has 1 fully saturated rings. The van der Waals surface area contributed by atoms with Crippen LogP contribution >= 0.6 is 11.6 Å². The number of rotatable bonds is 4. The molecule has 4 rings (SSSR count). The Balaban J connectivity index is 1.77. The number of carbonyl (C=O) groups is 1. The Bertz CT molecular complexity index is 1040. The van der Waals surface area contributed by atoms with Crippen molar-refractivity contribution in [3.05, 3.63) is 23.3 Å². The molecule has 3 aromatic heterocycles. The van der Waals surface area contributed by atoms with Crippen LogP contribution in [0.3, 0.4) is 0 Å². The van der Waals surface area contributed by atoms with Gasteiger partial charge in [0.15, 0.2) is 35.7 Å². The Kier molecular flexibility index (Phi) is 4.61. The minimum atomic E-state index is -1.27. The van der Waals surface area contributed by atoms with Gasteiger partial charge in [-0.05, 0) is 11.6 Å². The second-order valence-corrected chi connectivity index (χ2v) is 6.45. The summed E-state index contributed by atoms with van der Waals surface area (Å²) >= 11 is 5.90. The lowest BCUT2D eigenvalue weighted by Gasteiger charge is -2.21. The van der Waals surface area contributed by atoms with Gasteiger partial charge in [-0.2, -0.15) is 15.0 Å². The molecule has 4 heterocycles. The Labute approximate surface area is 162 Å². The number of aromatic nitrogens is 6. The molecule has 12 nitrogen and oxygen atoms in total. The Hall–Kier alpha value is -2.83. The third-order valence-electron chi connectivity index (χ3n) is 4.25. The van der Waals surface area contributed by atoms with Crippen LogP contribution in [0.2, 0.25) is 5.28 Å². The molecular weight excluding hydrogens is 394 g/mol. The first-order valence-corrected chi connectivity index (χ1v) is 8.75. The second-order valence-electron chi connectivity index (χ2n) is 6.12. The highest BCUT2D eigenvalue weighted by molar-refractivity contribution is 6.28. The number of nitrogens with zero attached hydrogens (tertiary/aromatic N) is 6. The van der Waals surface area contributed by atoms with E-state index in [0.29, 0.717) is 17.8 Å². The summed E-state index contributed by atoms with van der Waals surface area (Å²) in [5.74, 6) is 0.00583. The number of imidazole rings is 1. The molecule has 0 unspecified atom stereocenters. The van der Waals surface area contributed by atoms with Gasteiger partial charge < -0.3 is 24.8 Å². The van der Waals surface area contributed by atoms with Crippen molar-refractivity contribution in [2.45, 2.75) is 44.8 Å². The van der Waals surface area contributed by atoms with E-state index in [1.165, 1.54) is 17.8 Å². The summed E-state index contributed by atoms with van der Waals surface area (Å²) in [5.41, 5.74) is 6.38. The van der Waals surface area contributed by atoms with Crippen LogP contribution in [-0.4, -0.2) is 52.9 Å². The first-order valence-electron chi connectivity index (χ1n) is 8.37. The summed E-state index contributed by atoms with van der Waals surface area (Å²) in [5, 5.41) is 14.5. The van der Waals surface area contributed by atoms with E-state index in [2.05, 4.69) is 25.1 Å². The molecule has 3 aromatic rings. The molecule has 0 radical (unpaired) electrons. The number of anilines is 1. The van der Waals surface area contributed by atoms with E-state index in [-0.39, 0.29) is 22.6 Å². The van der Waals surface area contributed by atoms with E-state index >= 15 is 0 Å². The first-order chi connectivity index (χ1) is 13.4. The number of hydrogen-bond donors (Lipinski definition) is 2. The zero-order valence-electron chi connectivity index (χ0n) is 14.8. The van der Waals surface area contributed by atoms with Crippen molar-refractivity contribution in [3.8, 4) is 0 Å². The Morgan fingerprint density at radius 1 is 1.43 bits per heavy atom. The summed E-state index contributed by atoms with van der Waals surface area (Å²) < 4.78 is 17.8. The number of esters is 1. The van der Waals surface area contributed by atoms with E-state index < -0.39 is 30.5 Å². The highest BCUT2D eigenvalue weighted by Crippen LogP contribution is 2.41. The monoisotopic (exact) mass is 409 g/mol. The molecule has 0 saturated carbocycles. The lowest BCUT2D eigenvalue weighted by molar-refractivity contribution is -0.155. The predicted octanol–water partition coefficient (Wildman–Crippen LogP) is 0.570. The van der Waals surface area contributed by atoms with Gasteiger partial charge in [-0.15, -0.1) is 0 Å². The second kappa shape index (κ2) is 6.96. The van der Waals surface area contributed by atoms with Crippen molar-refractivity contribution in [2.24, 2.45) is 0 Å².